The highest BCUT2D eigenvalue weighted by atomic mass is 35.5. The van der Waals surface area contributed by atoms with Gasteiger partial charge >= 0.3 is 0 Å². The Balaban J connectivity index is 0.00000220. The van der Waals surface area contributed by atoms with Crippen LogP contribution in [0.1, 0.15) is 44.9 Å². The van der Waals surface area contributed by atoms with E-state index in [9.17, 15) is 4.79 Å². The SMILES string of the molecule is CN(C)C1(CNC(=O)C2(N)CCOCC2)CCCCC1.Cl. The molecule has 2 fully saturated rings. The van der Waals surface area contributed by atoms with Gasteiger partial charge in [0.25, 0.3) is 0 Å². The van der Waals surface area contributed by atoms with E-state index in [1.54, 1.807) is 0 Å². The Hall–Kier alpha value is -0.360. The maximum Gasteiger partial charge on any atom is 0.240 e. The van der Waals surface area contributed by atoms with Gasteiger partial charge in [0.2, 0.25) is 5.91 Å². The molecule has 1 saturated carbocycles. The van der Waals surface area contributed by atoms with E-state index in [4.69, 9.17) is 10.5 Å². The van der Waals surface area contributed by atoms with Gasteiger partial charge in [-0.3, -0.25) is 4.79 Å². The normalized spacial score (nSPS) is 24.2. The quantitative estimate of drug-likeness (QED) is 0.819. The first-order valence-corrected chi connectivity index (χ1v) is 7.81. The van der Waals surface area contributed by atoms with E-state index in [-0.39, 0.29) is 23.9 Å². The van der Waals surface area contributed by atoms with Crippen molar-refractivity contribution in [3.05, 3.63) is 0 Å². The summed E-state index contributed by atoms with van der Waals surface area (Å²) >= 11 is 0. The molecule has 21 heavy (non-hydrogen) atoms. The molecule has 1 aliphatic carbocycles. The van der Waals surface area contributed by atoms with E-state index in [1.165, 1.54) is 19.3 Å². The minimum Gasteiger partial charge on any atom is -0.381 e. The molecule has 2 aliphatic rings. The molecule has 0 spiro atoms. The van der Waals surface area contributed by atoms with Crippen molar-refractivity contribution in [2.24, 2.45) is 5.73 Å². The van der Waals surface area contributed by atoms with Crippen molar-refractivity contribution in [2.75, 3.05) is 33.9 Å². The van der Waals surface area contributed by atoms with E-state index in [0.717, 1.165) is 12.8 Å². The number of carbonyl (C=O) groups is 1. The number of halogens is 1. The number of carbonyl (C=O) groups excluding carboxylic acids is 1. The summed E-state index contributed by atoms with van der Waals surface area (Å²) in [5, 5.41) is 3.12. The van der Waals surface area contributed by atoms with Crippen LogP contribution in [0, 0.1) is 0 Å². The molecule has 1 saturated heterocycles. The Morgan fingerprint density at radius 2 is 1.71 bits per heavy atom. The highest BCUT2D eigenvalue weighted by Crippen LogP contribution is 2.31. The second-order valence-electron chi connectivity index (χ2n) is 6.63. The Labute approximate surface area is 134 Å². The lowest BCUT2D eigenvalue weighted by atomic mass is 9.80. The van der Waals surface area contributed by atoms with Crippen LogP contribution in [0.15, 0.2) is 0 Å². The Bertz CT molecular complexity index is 338. The zero-order valence-corrected chi connectivity index (χ0v) is 14.1. The fourth-order valence-corrected chi connectivity index (χ4v) is 3.38. The monoisotopic (exact) mass is 319 g/mol. The van der Waals surface area contributed by atoms with Gasteiger partial charge in [0, 0.05) is 25.3 Å². The molecule has 5 nitrogen and oxygen atoms in total. The zero-order chi connectivity index (χ0) is 14.6. The third-order valence-electron chi connectivity index (χ3n) is 5.15. The molecule has 3 N–H and O–H groups in total. The minimum atomic E-state index is -0.736. The van der Waals surface area contributed by atoms with Crippen LogP contribution in [0.3, 0.4) is 0 Å². The predicted molar refractivity (Wildman–Crippen MR) is 86.7 cm³/mol. The molecule has 0 bridgehead atoms. The van der Waals surface area contributed by atoms with E-state index < -0.39 is 5.54 Å². The average molecular weight is 320 g/mol. The summed E-state index contributed by atoms with van der Waals surface area (Å²) in [5.74, 6) is -0.00685. The van der Waals surface area contributed by atoms with Gasteiger partial charge in [-0.05, 0) is 39.8 Å². The van der Waals surface area contributed by atoms with Crippen LogP contribution in [0.2, 0.25) is 0 Å². The van der Waals surface area contributed by atoms with Crippen LogP contribution in [0.25, 0.3) is 0 Å². The van der Waals surface area contributed by atoms with Gasteiger partial charge in [-0.25, -0.2) is 0 Å². The first kappa shape index (κ1) is 18.7. The second kappa shape index (κ2) is 7.77. The highest BCUT2D eigenvalue weighted by molar-refractivity contribution is 5.86. The molecule has 1 amide bonds. The number of nitrogens with zero attached hydrogens (tertiary/aromatic N) is 1. The third kappa shape index (κ3) is 4.31. The van der Waals surface area contributed by atoms with Gasteiger partial charge in [-0.2, -0.15) is 0 Å². The molecule has 0 radical (unpaired) electrons. The molecule has 2 rings (SSSR count). The summed E-state index contributed by atoms with van der Waals surface area (Å²) in [6.45, 7) is 1.88. The number of likely N-dealkylation sites (N-methyl/N-ethyl adjacent to an activating group) is 1. The van der Waals surface area contributed by atoms with Crippen LogP contribution in [-0.2, 0) is 9.53 Å². The fourth-order valence-electron chi connectivity index (χ4n) is 3.38. The van der Waals surface area contributed by atoms with Crippen molar-refractivity contribution in [1.82, 2.24) is 10.2 Å². The number of amides is 1. The fraction of sp³-hybridized carbons (Fsp3) is 0.933. The highest BCUT2D eigenvalue weighted by Gasteiger charge is 2.39. The third-order valence-corrected chi connectivity index (χ3v) is 5.15. The number of hydrogen-bond acceptors (Lipinski definition) is 4. The molecule has 1 aliphatic heterocycles. The van der Waals surface area contributed by atoms with Crippen molar-refractivity contribution >= 4 is 18.3 Å². The topological polar surface area (TPSA) is 67.6 Å². The van der Waals surface area contributed by atoms with Crippen LogP contribution in [0.4, 0.5) is 0 Å². The number of rotatable bonds is 4. The average Bonchev–Trinajstić information content (AvgIpc) is 2.46. The van der Waals surface area contributed by atoms with Crippen molar-refractivity contribution in [2.45, 2.75) is 56.0 Å². The predicted octanol–water partition coefficient (Wildman–Crippen LogP) is 1.30. The van der Waals surface area contributed by atoms with Crippen LogP contribution in [-0.4, -0.2) is 55.7 Å². The number of nitrogens with one attached hydrogen (secondary N) is 1. The van der Waals surface area contributed by atoms with Gasteiger partial charge in [-0.1, -0.05) is 19.3 Å². The lowest BCUT2D eigenvalue weighted by Crippen LogP contribution is -2.61. The summed E-state index contributed by atoms with van der Waals surface area (Å²) in [4.78, 5) is 14.7. The van der Waals surface area contributed by atoms with E-state index >= 15 is 0 Å². The molecule has 6 heteroatoms. The molecular weight excluding hydrogens is 290 g/mol. The summed E-state index contributed by atoms with van der Waals surface area (Å²) in [6.07, 6.45) is 7.34. The van der Waals surface area contributed by atoms with Gasteiger partial charge < -0.3 is 20.7 Å². The largest absolute Gasteiger partial charge is 0.381 e. The van der Waals surface area contributed by atoms with E-state index in [0.29, 0.717) is 32.6 Å². The second-order valence-corrected chi connectivity index (χ2v) is 6.63. The van der Waals surface area contributed by atoms with Crippen LogP contribution in [0.5, 0.6) is 0 Å². The first-order valence-electron chi connectivity index (χ1n) is 7.81. The summed E-state index contributed by atoms with van der Waals surface area (Å²) in [5.41, 5.74) is 5.60. The van der Waals surface area contributed by atoms with E-state index in [2.05, 4.69) is 24.3 Å². The minimum absolute atomic E-state index is 0. The summed E-state index contributed by atoms with van der Waals surface area (Å²) in [6, 6.07) is 0. The number of hydrogen-bond donors (Lipinski definition) is 2. The number of ether oxygens (including phenoxy) is 1. The Morgan fingerprint density at radius 1 is 1.14 bits per heavy atom. The standard InChI is InChI=1S/C15H29N3O2.ClH/c1-18(2)14(6-4-3-5-7-14)12-17-13(19)15(16)8-10-20-11-9-15;/h3-12,16H2,1-2H3,(H,17,19);1H. The van der Waals surface area contributed by atoms with E-state index in [1.807, 2.05) is 0 Å². The smallest absolute Gasteiger partial charge is 0.240 e. The lowest BCUT2D eigenvalue weighted by molar-refractivity contribution is -0.130. The molecule has 0 aromatic carbocycles. The van der Waals surface area contributed by atoms with Gasteiger partial charge in [0.05, 0.1) is 5.54 Å². The van der Waals surface area contributed by atoms with Gasteiger partial charge in [-0.15, -0.1) is 12.4 Å². The van der Waals surface area contributed by atoms with Crippen molar-refractivity contribution in [3.8, 4) is 0 Å². The van der Waals surface area contributed by atoms with Crippen LogP contribution >= 0.6 is 12.4 Å². The van der Waals surface area contributed by atoms with Gasteiger partial charge in [0.1, 0.15) is 0 Å². The first-order chi connectivity index (χ1) is 9.49. The Kier molecular flexibility index (Phi) is 6.91. The summed E-state index contributed by atoms with van der Waals surface area (Å²) in [7, 11) is 4.23. The molecule has 0 unspecified atom stereocenters. The van der Waals surface area contributed by atoms with Gasteiger partial charge in [0.15, 0.2) is 0 Å². The summed E-state index contributed by atoms with van der Waals surface area (Å²) < 4.78 is 5.30. The number of nitrogens with two attached hydrogens (primary N) is 1. The molecule has 0 aromatic rings. The lowest BCUT2D eigenvalue weighted by Gasteiger charge is -2.44. The zero-order valence-electron chi connectivity index (χ0n) is 13.3. The Morgan fingerprint density at radius 3 is 2.24 bits per heavy atom. The van der Waals surface area contributed by atoms with Crippen molar-refractivity contribution < 1.29 is 9.53 Å². The van der Waals surface area contributed by atoms with Crippen molar-refractivity contribution in [1.29, 1.82) is 0 Å². The maximum atomic E-state index is 12.4. The molecule has 0 atom stereocenters. The molecule has 0 aromatic heterocycles. The molecule has 1 heterocycles. The maximum absolute atomic E-state index is 12.4. The van der Waals surface area contributed by atoms with Crippen LogP contribution < -0.4 is 11.1 Å². The molecule has 124 valence electrons. The molecular formula is C15H30ClN3O2. The van der Waals surface area contributed by atoms with Crippen molar-refractivity contribution in [3.63, 3.8) is 0 Å².